The van der Waals surface area contributed by atoms with E-state index in [1.165, 1.54) is 14.0 Å². The number of nitrogens with zero attached hydrogens (tertiary/aromatic N) is 3. The molecule has 0 aromatic heterocycles. The maximum Gasteiger partial charge on any atom is 0.354 e. The molecule has 9 heteroatoms. The molecule has 1 aromatic rings. The number of imide groups is 1. The molecule has 3 amide bonds. The van der Waals surface area contributed by atoms with Crippen molar-refractivity contribution in [3.05, 3.63) is 24.3 Å². The lowest BCUT2D eigenvalue weighted by atomic mass is 9.91. The molecular weight excluding hydrogens is 354 g/mol. The van der Waals surface area contributed by atoms with Gasteiger partial charge >= 0.3 is 5.97 Å². The van der Waals surface area contributed by atoms with E-state index in [0.717, 1.165) is 9.91 Å². The van der Waals surface area contributed by atoms with E-state index < -0.39 is 29.2 Å². The number of esters is 1. The molecule has 27 heavy (non-hydrogen) atoms. The predicted molar refractivity (Wildman–Crippen MR) is 94.0 cm³/mol. The number of benzene rings is 1. The first kappa shape index (κ1) is 18.6. The Hall–Kier alpha value is -3.23. The third-order valence-corrected chi connectivity index (χ3v) is 4.51. The number of carbonyl (C=O) groups excluding carboxylic acids is 4. The van der Waals surface area contributed by atoms with Crippen molar-refractivity contribution in [1.82, 2.24) is 5.01 Å². The average molecular weight is 373 g/mol. The van der Waals surface area contributed by atoms with Gasteiger partial charge in [0, 0.05) is 13.3 Å². The molecule has 0 bridgehead atoms. The van der Waals surface area contributed by atoms with E-state index >= 15 is 0 Å². The molecule has 1 atom stereocenters. The van der Waals surface area contributed by atoms with Crippen LogP contribution in [-0.2, 0) is 23.9 Å². The third-order valence-electron chi connectivity index (χ3n) is 4.51. The van der Waals surface area contributed by atoms with Gasteiger partial charge in [-0.25, -0.2) is 14.7 Å². The summed E-state index contributed by atoms with van der Waals surface area (Å²) >= 11 is 0. The van der Waals surface area contributed by atoms with Crippen molar-refractivity contribution in [2.75, 3.05) is 18.6 Å². The molecule has 1 aromatic carbocycles. The van der Waals surface area contributed by atoms with Crippen molar-refractivity contribution in [3.63, 3.8) is 0 Å². The summed E-state index contributed by atoms with van der Waals surface area (Å²) in [7, 11) is 1.18. The molecule has 1 fully saturated rings. The van der Waals surface area contributed by atoms with Crippen LogP contribution >= 0.6 is 0 Å². The lowest BCUT2D eigenvalue weighted by molar-refractivity contribution is -0.141. The predicted octanol–water partition coefficient (Wildman–Crippen LogP) is 0.869. The molecule has 9 nitrogen and oxygen atoms in total. The second-order valence-electron chi connectivity index (χ2n) is 6.22. The summed E-state index contributed by atoms with van der Waals surface area (Å²) in [4.78, 5) is 50.7. The van der Waals surface area contributed by atoms with Crippen molar-refractivity contribution in [1.29, 1.82) is 0 Å². The van der Waals surface area contributed by atoms with Gasteiger partial charge in [-0.05, 0) is 31.2 Å². The second kappa shape index (κ2) is 6.82. The number of rotatable bonds is 4. The fraction of sp³-hybridized carbons (Fsp3) is 0.389. The van der Waals surface area contributed by atoms with Crippen molar-refractivity contribution >= 4 is 35.1 Å². The van der Waals surface area contributed by atoms with Crippen LogP contribution in [0.2, 0.25) is 0 Å². The van der Waals surface area contributed by atoms with Crippen LogP contribution in [0.3, 0.4) is 0 Å². The van der Waals surface area contributed by atoms with Crippen LogP contribution in [0.15, 0.2) is 29.4 Å². The minimum Gasteiger partial charge on any atom is -0.494 e. The Bertz CT molecular complexity index is 847. The molecule has 0 aliphatic carbocycles. The highest BCUT2D eigenvalue weighted by Crippen LogP contribution is 2.40. The lowest BCUT2D eigenvalue weighted by Gasteiger charge is -2.28. The highest BCUT2D eigenvalue weighted by molar-refractivity contribution is 6.39. The lowest BCUT2D eigenvalue weighted by Crippen LogP contribution is -2.51. The van der Waals surface area contributed by atoms with E-state index in [2.05, 4.69) is 9.84 Å². The Morgan fingerprint density at radius 2 is 1.85 bits per heavy atom. The number of hydrogen-bond acceptors (Lipinski definition) is 7. The fourth-order valence-electron chi connectivity index (χ4n) is 3.36. The summed E-state index contributed by atoms with van der Waals surface area (Å²) in [5.74, 6) is -1.75. The van der Waals surface area contributed by atoms with Gasteiger partial charge in [-0.15, -0.1) is 0 Å². The zero-order chi connectivity index (χ0) is 19.8. The van der Waals surface area contributed by atoms with E-state index in [1.807, 2.05) is 6.92 Å². The van der Waals surface area contributed by atoms with Crippen molar-refractivity contribution in [2.24, 2.45) is 5.10 Å². The Labute approximate surface area is 155 Å². The topological polar surface area (TPSA) is 106 Å². The number of hydrogen-bond donors (Lipinski definition) is 0. The number of amides is 3. The number of carbonyl (C=O) groups is 4. The van der Waals surface area contributed by atoms with Crippen LogP contribution in [0.25, 0.3) is 0 Å². The normalized spacial score (nSPS) is 21.7. The van der Waals surface area contributed by atoms with Crippen LogP contribution in [0.1, 0.15) is 26.7 Å². The Balaban J connectivity index is 1.95. The summed E-state index contributed by atoms with van der Waals surface area (Å²) in [5, 5.41) is 4.88. The van der Waals surface area contributed by atoms with Crippen LogP contribution < -0.4 is 9.64 Å². The standard InChI is InChI=1S/C18H19N3O6/c1-4-27-13-7-5-12(6-8-13)20-15(23)10-18(17(20)25)9-14(16(24)26-3)19-21(18)11(2)22/h5-8H,4,9-10H2,1-3H3/t18-/m0/s1. The van der Waals surface area contributed by atoms with Gasteiger partial charge in [-0.2, -0.15) is 5.10 Å². The molecule has 2 aliphatic heterocycles. The highest BCUT2D eigenvalue weighted by atomic mass is 16.5. The van der Waals surface area contributed by atoms with Gasteiger partial charge in [0.2, 0.25) is 11.8 Å². The van der Waals surface area contributed by atoms with Crippen molar-refractivity contribution in [2.45, 2.75) is 32.2 Å². The summed E-state index contributed by atoms with van der Waals surface area (Å²) in [6.45, 7) is 3.56. The van der Waals surface area contributed by atoms with Crippen LogP contribution in [-0.4, -0.2) is 53.7 Å². The molecule has 3 rings (SSSR count). The van der Waals surface area contributed by atoms with Crippen LogP contribution in [0.4, 0.5) is 5.69 Å². The maximum absolute atomic E-state index is 13.2. The number of methoxy groups -OCH3 is 1. The zero-order valence-electron chi connectivity index (χ0n) is 15.2. The molecule has 1 saturated heterocycles. The first-order valence-electron chi connectivity index (χ1n) is 8.41. The van der Waals surface area contributed by atoms with Gasteiger partial charge in [0.15, 0.2) is 5.54 Å². The molecule has 2 aliphatic rings. The quantitative estimate of drug-likeness (QED) is 0.573. The van der Waals surface area contributed by atoms with Gasteiger partial charge in [-0.1, -0.05) is 0 Å². The van der Waals surface area contributed by atoms with Gasteiger partial charge in [0.05, 0.1) is 25.8 Å². The number of anilines is 1. The SMILES string of the molecule is CCOc1ccc(N2C(=O)C[C@@]3(CC(C(=O)OC)=NN3C(C)=O)C2=O)cc1. The Kier molecular flexibility index (Phi) is 4.69. The fourth-order valence-corrected chi connectivity index (χ4v) is 3.36. The van der Waals surface area contributed by atoms with E-state index in [9.17, 15) is 19.2 Å². The summed E-state index contributed by atoms with van der Waals surface area (Å²) < 4.78 is 10.0. The molecule has 2 heterocycles. The van der Waals surface area contributed by atoms with Crippen LogP contribution in [0, 0.1) is 0 Å². The van der Waals surface area contributed by atoms with Gasteiger partial charge in [-0.3, -0.25) is 14.4 Å². The molecule has 0 N–H and O–H groups in total. The van der Waals surface area contributed by atoms with Crippen molar-refractivity contribution in [3.8, 4) is 5.75 Å². The maximum atomic E-state index is 13.2. The largest absolute Gasteiger partial charge is 0.494 e. The van der Waals surface area contributed by atoms with Gasteiger partial charge < -0.3 is 9.47 Å². The average Bonchev–Trinajstić information content (AvgIpc) is 3.14. The van der Waals surface area contributed by atoms with E-state index in [-0.39, 0.29) is 18.6 Å². The molecule has 0 saturated carbocycles. The summed E-state index contributed by atoms with van der Waals surface area (Å²) in [6, 6.07) is 6.49. The van der Waals surface area contributed by atoms with E-state index in [1.54, 1.807) is 24.3 Å². The minimum atomic E-state index is -1.54. The second-order valence-corrected chi connectivity index (χ2v) is 6.22. The molecule has 142 valence electrons. The van der Waals surface area contributed by atoms with E-state index in [0.29, 0.717) is 18.0 Å². The smallest absolute Gasteiger partial charge is 0.354 e. The van der Waals surface area contributed by atoms with Crippen LogP contribution in [0.5, 0.6) is 5.75 Å². The molecule has 0 radical (unpaired) electrons. The first-order chi connectivity index (χ1) is 12.8. The van der Waals surface area contributed by atoms with E-state index in [4.69, 9.17) is 4.74 Å². The van der Waals surface area contributed by atoms with Crippen molar-refractivity contribution < 1.29 is 28.7 Å². The molecular formula is C18H19N3O6. The number of ether oxygens (including phenoxy) is 2. The van der Waals surface area contributed by atoms with Gasteiger partial charge in [0.25, 0.3) is 5.91 Å². The summed E-state index contributed by atoms with van der Waals surface area (Å²) in [5.41, 5.74) is -1.24. The minimum absolute atomic E-state index is 0.0672. The summed E-state index contributed by atoms with van der Waals surface area (Å²) in [6.07, 6.45) is -0.431. The molecule has 0 unspecified atom stereocenters. The highest BCUT2D eigenvalue weighted by Gasteiger charge is 2.61. The number of hydrazone groups is 1. The third kappa shape index (κ3) is 2.94. The van der Waals surface area contributed by atoms with Gasteiger partial charge in [0.1, 0.15) is 11.5 Å². The zero-order valence-corrected chi connectivity index (χ0v) is 15.2. The first-order valence-corrected chi connectivity index (χ1v) is 8.41. The molecule has 1 spiro atoms. The monoisotopic (exact) mass is 373 g/mol. The Morgan fingerprint density at radius 1 is 1.19 bits per heavy atom. The Morgan fingerprint density at radius 3 is 2.41 bits per heavy atom.